The second-order valence-corrected chi connectivity index (χ2v) is 5.27. The molecule has 1 heterocycles. The van der Waals surface area contributed by atoms with E-state index in [1.54, 1.807) is 26.0 Å². The van der Waals surface area contributed by atoms with Crippen LogP contribution in [-0.2, 0) is 4.79 Å². The van der Waals surface area contributed by atoms with Crippen LogP contribution >= 0.6 is 0 Å². The zero-order valence-corrected chi connectivity index (χ0v) is 10.9. The fraction of sp³-hybridized carbons (Fsp3) is 0.462. The largest absolute Gasteiger partial charge is 0.481 e. The first kappa shape index (κ1) is 13.3. The summed E-state index contributed by atoms with van der Waals surface area (Å²) in [5.74, 6) is -0.823. The maximum absolute atomic E-state index is 11.2. The van der Waals surface area contributed by atoms with Crippen LogP contribution in [0.4, 0.5) is 11.4 Å². The molecule has 1 N–H and O–H groups in total. The topological polar surface area (TPSA) is 83.7 Å². The van der Waals surface area contributed by atoms with E-state index in [2.05, 4.69) is 0 Å². The first-order valence-electron chi connectivity index (χ1n) is 6.07. The summed E-state index contributed by atoms with van der Waals surface area (Å²) in [6.45, 7) is 4.37. The molecule has 0 saturated carbocycles. The van der Waals surface area contributed by atoms with Gasteiger partial charge in [-0.3, -0.25) is 14.9 Å². The van der Waals surface area contributed by atoms with Crippen LogP contribution in [0.3, 0.4) is 0 Å². The summed E-state index contributed by atoms with van der Waals surface area (Å²) >= 11 is 0. The third kappa shape index (κ3) is 2.38. The number of aliphatic carboxylic acids is 1. The predicted octanol–water partition coefficient (Wildman–Crippen LogP) is 2.20. The number of nitro benzene ring substituents is 1. The molecule has 1 atom stereocenters. The number of rotatable bonds is 3. The highest BCUT2D eigenvalue weighted by atomic mass is 16.6. The summed E-state index contributed by atoms with van der Waals surface area (Å²) < 4.78 is 0. The van der Waals surface area contributed by atoms with Crippen LogP contribution in [0.25, 0.3) is 0 Å². The molecule has 0 aromatic heterocycles. The van der Waals surface area contributed by atoms with Gasteiger partial charge in [0.15, 0.2) is 0 Å². The van der Waals surface area contributed by atoms with E-state index in [0.29, 0.717) is 30.8 Å². The van der Waals surface area contributed by atoms with Crippen molar-refractivity contribution in [2.75, 3.05) is 18.0 Å². The molecule has 1 aliphatic heterocycles. The lowest BCUT2D eigenvalue weighted by molar-refractivity contribution is -0.385. The quantitative estimate of drug-likeness (QED) is 0.668. The standard InChI is InChI=1S/C13H16N2O4/c1-9-3-4-10(7-11(9)15(18)19)14-6-5-13(2,8-14)12(16)17/h3-4,7H,5-6,8H2,1-2H3,(H,16,17). The Hall–Kier alpha value is -2.11. The van der Waals surface area contributed by atoms with Crippen molar-refractivity contribution in [3.63, 3.8) is 0 Å². The van der Waals surface area contributed by atoms with Crippen molar-refractivity contribution < 1.29 is 14.8 Å². The van der Waals surface area contributed by atoms with Crippen LogP contribution in [0.5, 0.6) is 0 Å². The molecule has 0 radical (unpaired) electrons. The molecule has 0 spiro atoms. The molecule has 1 aromatic carbocycles. The van der Waals surface area contributed by atoms with Gasteiger partial charge in [-0.1, -0.05) is 6.07 Å². The maximum atomic E-state index is 11.2. The van der Waals surface area contributed by atoms with E-state index in [4.69, 9.17) is 0 Å². The van der Waals surface area contributed by atoms with Gasteiger partial charge in [-0.25, -0.2) is 0 Å². The van der Waals surface area contributed by atoms with Crippen LogP contribution in [0.15, 0.2) is 18.2 Å². The SMILES string of the molecule is Cc1ccc(N2CCC(C)(C(=O)O)C2)cc1[N+](=O)[O-]. The summed E-state index contributed by atoms with van der Waals surface area (Å²) in [7, 11) is 0. The Balaban J connectivity index is 2.28. The monoisotopic (exact) mass is 264 g/mol. The van der Waals surface area contributed by atoms with Crippen LogP contribution in [0.2, 0.25) is 0 Å². The smallest absolute Gasteiger partial charge is 0.311 e. The molecule has 0 amide bonds. The number of benzene rings is 1. The Bertz CT molecular complexity index is 543. The lowest BCUT2D eigenvalue weighted by atomic mass is 9.90. The van der Waals surface area contributed by atoms with E-state index < -0.39 is 16.3 Å². The number of carbonyl (C=O) groups is 1. The summed E-state index contributed by atoms with van der Waals surface area (Å²) in [5, 5.41) is 20.1. The van der Waals surface area contributed by atoms with Gasteiger partial charge in [-0.15, -0.1) is 0 Å². The summed E-state index contributed by atoms with van der Waals surface area (Å²) in [6, 6.07) is 5.02. The number of nitro groups is 1. The Morgan fingerprint density at radius 2 is 2.21 bits per heavy atom. The Morgan fingerprint density at radius 3 is 2.74 bits per heavy atom. The molecule has 102 valence electrons. The molecule has 1 unspecified atom stereocenters. The third-order valence-corrected chi connectivity index (χ3v) is 3.74. The van der Waals surface area contributed by atoms with E-state index >= 15 is 0 Å². The zero-order valence-electron chi connectivity index (χ0n) is 10.9. The van der Waals surface area contributed by atoms with E-state index in [1.165, 1.54) is 6.07 Å². The summed E-state index contributed by atoms with van der Waals surface area (Å²) in [6.07, 6.45) is 0.546. The van der Waals surface area contributed by atoms with Gasteiger partial charge in [-0.05, 0) is 26.3 Å². The Morgan fingerprint density at radius 1 is 1.53 bits per heavy atom. The summed E-state index contributed by atoms with van der Waals surface area (Å²) in [4.78, 5) is 23.6. The molecule has 0 aliphatic carbocycles. The van der Waals surface area contributed by atoms with Crippen LogP contribution in [0, 0.1) is 22.5 Å². The van der Waals surface area contributed by atoms with Gasteiger partial charge < -0.3 is 10.0 Å². The van der Waals surface area contributed by atoms with Gasteiger partial charge in [0.2, 0.25) is 0 Å². The van der Waals surface area contributed by atoms with Crippen molar-refractivity contribution in [3.05, 3.63) is 33.9 Å². The van der Waals surface area contributed by atoms with Crippen LogP contribution < -0.4 is 4.90 Å². The number of aryl methyl sites for hydroxylation is 1. The third-order valence-electron chi connectivity index (χ3n) is 3.74. The minimum absolute atomic E-state index is 0.0708. The van der Waals surface area contributed by atoms with Crippen molar-refractivity contribution in [2.24, 2.45) is 5.41 Å². The average molecular weight is 264 g/mol. The van der Waals surface area contributed by atoms with Crippen molar-refractivity contribution in [2.45, 2.75) is 20.3 Å². The second-order valence-electron chi connectivity index (χ2n) is 5.27. The number of carboxylic acids is 1. The highest BCUT2D eigenvalue weighted by Crippen LogP contribution is 2.35. The minimum atomic E-state index is -0.823. The zero-order chi connectivity index (χ0) is 14.2. The molecular formula is C13H16N2O4. The second kappa shape index (κ2) is 4.53. The molecule has 1 saturated heterocycles. The van der Waals surface area contributed by atoms with Gasteiger partial charge in [0.05, 0.1) is 10.3 Å². The van der Waals surface area contributed by atoms with Crippen molar-refractivity contribution in [3.8, 4) is 0 Å². The molecule has 1 aliphatic rings. The number of hydrogen-bond donors (Lipinski definition) is 1. The molecule has 6 heteroatoms. The first-order valence-corrected chi connectivity index (χ1v) is 6.07. The normalized spacial score (nSPS) is 22.5. The van der Waals surface area contributed by atoms with Gasteiger partial charge in [0.1, 0.15) is 0 Å². The number of anilines is 1. The van der Waals surface area contributed by atoms with Gasteiger partial charge in [0, 0.05) is 30.4 Å². The highest BCUT2D eigenvalue weighted by molar-refractivity contribution is 5.76. The molecule has 6 nitrogen and oxygen atoms in total. The lowest BCUT2D eigenvalue weighted by Crippen LogP contribution is -2.31. The molecule has 1 fully saturated rings. The van der Waals surface area contributed by atoms with Gasteiger partial charge in [-0.2, -0.15) is 0 Å². The fourth-order valence-corrected chi connectivity index (χ4v) is 2.35. The fourth-order valence-electron chi connectivity index (χ4n) is 2.35. The number of carboxylic acid groups (broad SMARTS) is 1. The lowest BCUT2D eigenvalue weighted by Gasteiger charge is -2.21. The minimum Gasteiger partial charge on any atom is -0.481 e. The number of hydrogen-bond acceptors (Lipinski definition) is 4. The maximum Gasteiger partial charge on any atom is 0.311 e. The molecule has 19 heavy (non-hydrogen) atoms. The van der Waals surface area contributed by atoms with Crippen LogP contribution in [-0.4, -0.2) is 29.1 Å². The Kier molecular flexibility index (Phi) is 3.18. The van der Waals surface area contributed by atoms with Gasteiger partial charge >= 0.3 is 5.97 Å². The van der Waals surface area contributed by atoms with Crippen molar-refractivity contribution in [1.29, 1.82) is 0 Å². The van der Waals surface area contributed by atoms with Crippen molar-refractivity contribution >= 4 is 17.3 Å². The van der Waals surface area contributed by atoms with Crippen molar-refractivity contribution in [1.82, 2.24) is 0 Å². The highest BCUT2D eigenvalue weighted by Gasteiger charge is 2.40. The molecule has 1 aromatic rings. The molecule has 0 bridgehead atoms. The predicted molar refractivity (Wildman–Crippen MR) is 70.4 cm³/mol. The van der Waals surface area contributed by atoms with E-state index in [9.17, 15) is 20.0 Å². The van der Waals surface area contributed by atoms with Gasteiger partial charge in [0.25, 0.3) is 5.69 Å². The van der Waals surface area contributed by atoms with E-state index in [-0.39, 0.29) is 5.69 Å². The average Bonchev–Trinajstić information content (AvgIpc) is 2.73. The molecular weight excluding hydrogens is 248 g/mol. The number of nitrogens with zero attached hydrogens (tertiary/aromatic N) is 2. The molecule has 2 rings (SSSR count). The Labute approximate surface area is 110 Å². The summed E-state index contributed by atoms with van der Waals surface area (Å²) in [5.41, 5.74) is 0.609. The first-order chi connectivity index (χ1) is 8.83. The van der Waals surface area contributed by atoms with Crippen LogP contribution in [0.1, 0.15) is 18.9 Å². The van der Waals surface area contributed by atoms with E-state index in [1.807, 2.05) is 4.90 Å². The van der Waals surface area contributed by atoms with E-state index in [0.717, 1.165) is 0 Å².